The van der Waals surface area contributed by atoms with Crippen LogP contribution in [0.3, 0.4) is 0 Å². The van der Waals surface area contributed by atoms with Gasteiger partial charge in [0.05, 0.1) is 10.0 Å². The first-order valence-corrected chi connectivity index (χ1v) is 5.37. The van der Waals surface area contributed by atoms with Crippen LogP contribution in [-0.2, 0) is 0 Å². The van der Waals surface area contributed by atoms with E-state index in [4.69, 9.17) is 23.2 Å². The van der Waals surface area contributed by atoms with Crippen molar-refractivity contribution in [2.45, 2.75) is 13.8 Å². The molecule has 0 aliphatic heterocycles. The second-order valence-corrected chi connectivity index (χ2v) is 4.46. The number of halogens is 2. The summed E-state index contributed by atoms with van der Waals surface area (Å²) in [6, 6.07) is 0. The Balaban J connectivity index is 3.01. The van der Waals surface area contributed by atoms with Gasteiger partial charge < -0.3 is 5.32 Å². The van der Waals surface area contributed by atoms with E-state index in [1.165, 1.54) is 11.3 Å². The summed E-state index contributed by atoms with van der Waals surface area (Å²) in [5, 5.41) is 3.51. The zero-order valence-electron chi connectivity index (χ0n) is 7.28. The molecule has 0 bridgehead atoms. The molecule has 0 spiro atoms. The maximum absolute atomic E-state index is 11.4. The summed E-state index contributed by atoms with van der Waals surface area (Å²) in [7, 11) is 0. The van der Waals surface area contributed by atoms with Crippen molar-refractivity contribution in [3.8, 4) is 0 Å². The molecule has 1 rings (SSSR count). The van der Waals surface area contributed by atoms with Crippen molar-refractivity contribution in [1.82, 2.24) is 5.32 Å². The number of rotatable bonds is 2. The minimum atomic E-state index is -0.160. The first-order chi connectivity index (χ1) is 6.07. The van der Waals surface area contributed by atoms with Crippen LogP contribution in [0.5, 0.6) is 0 Å². The van der Waals surface area contributed by atoms with Crippen LogP contribution in [0.25, 0.3) is 0 Å². The number of thiophene rings is 1. The minimum absolute atomic E-state index is 0.160. The van der Waals surface area contributed by atoms with Crippen LogP contribution in [0.1, 0.15) is 21.5 Å². The molecule has 0 fully saturated rings. The van der Waals surface area contributed by atoms with Crippen LogP contribution in [0, 0.1) is 6.92 Å². The van der Waals surface area contributed by atoms with Crippen LogP contribution in [0.15, 0.2) is 0 Å². The fourth-order valence-electron chi connectivity index (χ4n) is 0.884. The zero-order valence-corrected chi connectivity index (χ0v) is 9.61. The molecule has 1 amide bonds. The van der Waals surface area contributed by atoms with Gasteiger partial charge in [0, 0.05) is 11.4 Å². The average molecular weight is 238 g/mol. The van der Waals surface area contributed by atoms with Crippen molar-refractivity contribution < 1.29 is 4.79 Å². The number of aryl methyl sites for hydroxylation is 1. The highest BCUT2D eigenvalue weighted by Crippen LogP contribution is 2.36. The van der Waals surface area contributed by atoms with Crippen LogP contribution in [0.4, 0.5) is 0 Å². The van der Waals surface area contributed by atoms with Crippen LogP contribution in [0.2, 0.25) is 10.0 Å². The molecule has 0 atom stereocenters. The van der Waals surface area contributed by atoms with E-state index in [9.17, 15) is 4.79 Å². The van der Waals surface area contributed by atoms with Crippen molar-refractivity contribution in [2.75, 3.05) is 6.54 Å². The lowest BCUT2D eigenvalue weighted by molar-refractivity contribution is 0.0960. The van der Waals surface area contributed by atoms with E-state index < -0.39 is 0 Å². The normalized spacial score (nSPS) is 10.2. The molecule has 0 unspecified atom stereocenters. The van der Waals surface area contributed by atoms with Crippen LogP contribution >= 0.6 is 34.5 Å². The summed E-state index contributed by atoms with van der Waals surface area (Å²) in [4.78, 5) is 12.7. The molecule has 0 aromatic carbocycles. The van der Waals surface area contributed by atoms with E-state index in [1.54, 1.807) is 0 Å². The number of carbonyl (C=O) groups is 1. The number of carbonyl (C=O) groups excluding carboxylic acids is 1. The van der Waals surface area contributed by atoms with Crippen molar-refractivity contribution in [2.24, 2.45) is 0 Å². The second kappa shape index (κ2) is 4.31. The molecule has 0 saturated heterocycles. The van der Waals surface area contributed by atoms with Gasteiger partial charge in [-0.25, -0.2) is 0 Å². The molecule has 2 nitrogen and oxygen atoms in total. The first-order valence-electron chi connectivity index (χ1n) is 3.80. The average Bonchev–Trinajstić information content (AvgIpc) is 2.33. The fraction of sp³-hybridized carbons (Fsp3) is 0.375. The summed E-state index contributed by atoms with van der Waals surface area (Å²) in [5.41, 5.74) is 0. The molecule has 1 aromatic heterocycles. The first kappa shape index (κ1) is 10.8. The van der Waals surface area contributed by atoms with Crippen molar-refractivity contribution in [1.29, 1.82) is 0 Å². The van der Waals surface area contributed by atoms with Gasteiger partial charge in [0.15, 0.2) is 0 Å². The molecule has 1 aromatic rings. The standard InChI is InChI=1S/C8H9Cl2NOS/c1-3-11-8(12)7-6(10)5(9)4(2)13-7/h3H2,1-2H3,(H,11,12). The molecule has 1 N–H and O–H groups in total. The van der Waals surface area contributed by atoms with Crippen molar-refractivity contribution in [3.63, 3.8) is 0 Å². The van der Waals surface area contributed by atoms with Crippen molar-refractivity contribution >= 4 is 40.4 Å². The summed E-state index contributed by atoms with van der Waals surface area (Å²) in [6.45, 7) is 4.28. The molecular formula is C8H9Cl2NOS. The van der Waals surface area contributed by atoms with Gasteiger partial charge in [0.25, 0.3) is 5.91 Å². The van der Waals surface area contributed by atoms with E-state index in [0.29, 0.717) is 21.5 Å². The van der Waals surface area contributed by atoms with Crippen molar-refractivity contribution in [3.05, 3.63) is 19.8 Å². The third-order valence-corrected chi connectivity index (χ3v) is 3.78. The maximum atomic E-state index is 11.4. The molecule has 72 valence electrons. The van der Waals surface area contributed by atoms with E-state index >= 15 is 0 Å². The van der Waals surface area contributed by atoms with Gasteiger partial charge in [-0.2, -0.15) is 0 Å². The predicted octanol–water partition coefficient (Wildman–Crippen LogP) is 3.11. The Labute approximate surface area is 90.8 Å². The molecule has 0 aliphatic carbocycles. The Morgan fingerprint density at radius 2 is 2.08 bits per heavy atom. The number of amides is 1. The predicted molar refractivity (Wildman–Crippen MR) is 57.1 cm³/mol. The highest BCUT2D eigenvalue weighted by atomic mass is 35.5. The van der Waals surface area contributed by atoms with Crippen LogP contribution in [-0.4, -0.2) is 12.5 Å². The lowest BCUT2D eigenvalue weighted by Gasteiger charge is -1.98. The van der Waals surface area contributed by atoms with Gasteiger partial charge in [0.2, 0.25) is 0 Å². The Morgan fingerprint density at radius 3 is 2.46 bits per heavy atom. The molecule has 0 saturated carbocycles. The summed E-state index contributed by atoms with van der Waals surface area (Å²) in [5.74, 6) is -0.160. The summed E-state index contributed by atoms with van der Waals surface area (Å²) < 4.78 is 0. The quantitative estimate of drug-likeness (QED) is 0.842. The third kappa shape index (κ3) is 2.16. The Kier molecular flexibility index (Phi) is 3.59. The second-order valence-electron chi connectivity index (χ2n) is 2.47. The van der Waals surface area contributed by atoms with E-state index in [1.807, 2.05) is 13.8 Å². The topological polar surface area (TPSA) is 29.1 Å². The zero-order chi connectivity index (χ0) is 10.0. The SMILES string of the molecule is CCNC(=O)c1sc(C)c(Cl)c1Cl. The molecule has 0 radical (unpaired) electrons. The lowest BCUT2D eigenvalue weighted by atomic mass is 10.4. The summed E-state index contributed by atoms with van der Waals surface area (Å²) >= 11 is 13.0. The molecule has 1 heterocycles. The Morgan fingerprint density at radius 1 is 1.46 bits per heavy atom. The van der Waals surface area contributed by atoms with Gasteiger partial charge in [-0.15, -0.1) is 11.3 Å². The fourth-order valence-corrected chi connectivity index (χ4v) is 2.40. The molecule has 13 heavy (non-hydrogen) atoms. The van der Waals surface area contributed by atoms with E-state index in [-0.39, 0.29) is 5.91 Å². The molecule has 0 aliphatic rings. The Hall–Kier alpha value is -0.250. The van der Waals surface area contributed by atoms with E-state index in [2.05, 4.69) is 5.32 Å². The van der Waals surface area contributed by atoms with Gasteiger partial charge in [0.1, 0.15) is 4.88 Å². The van der Waals surface area contributed by atoms with Gasteiger partial charge in [-0.3, -0.25) is 4.79 Å². The van der Waals surface area contributed by atoms with E-state index in [0.717, 1.165) is 4.88 Å². The minimum Gasteiger partial charge on any atom is -0.352 e. The smallest absolute Gasteiger partial charge is 0.262 e. The van der Waals surface area contributed by atoms with Gasteiger partial charge >= 0.3 is 0 Å². The maximum Gasteiger partial charge on any atom is 0.262 e. The summed E-state index contributed by atoms with van der Waals surface area (Å²) in [6.07, 6.45) is 0. The number of hydrogen-bond donors (Lipinski definition) is 1. The molecule has 5 heteroatoms. The monoisotopic (exact) mass is 237 g/mol. The van der Waals surface area contributed by atoms with Gasteiger partial charge in [-0.1, -0.05) is 23.2 Å². The Bertz CT molecular complexity index is 335. The highest BCUT2D eigenvalue weighted by Gasteiger charge is 2.17. The lowest BCUT2D eigenvalue weighted by Crippen LogP contribution is -2.21. The molecular weight excluding hydrogens is 229 g/mol. The third-order valence-electron chi connectivity index (χ3n) is 1.50. The van der Waals surface area contributed by atoms with Crippen LogP contribution < -0.4 is 5.32 Å². The van der Waals surface area contributed by atoms with Gasteiger partial charge in [-0.05, 0) is 13.8 Å². The number of nitrogens with one attached hydrogen (secondary N) is 1. The largest absolute Gasteiger partial charge is 0.352 e. The highest BCUT2D eigenvalue weighted by molar-refractivity contribution is 7.15. The number of hydrogen-bond acceptors (Lipinski definition) is 2.